The molecule has 2 atom stereocenters. The Hall–Kier alpha value is -3.19. The number of urea groups is 1. The smallest absolute Gasteiger partial charge is 0.329 e. The van der Waals surface area contributed by atoms with Crippen LogP contribution in [-0.4, -0.2) is 36.5 Å². The van der Waals surface area contributed by atoms with Gasteiger partial charge in [-0.2, -0.15) is 0 Å². The quantitative estimate of drug-likeness (QED) is 0.739. The van der Waals surface area contributed by atoms with E-state index in [1.807, 2.05) is 30.3 Å². The number of carbonyl (C=O) groups is 3. The number of benzene rings is 2. The number of hydrogen-bond acceptors (Lipinski definition) is 4. The summed E-state index contributed by atoms with van der Waals surface area (Å²) in [7, 11) is 0. The average Bonchev–Trinajstić information content (AvgIpc) is 3.32. The molecule has 0 radical (unpaired) electrons. The van der Waals surface area contributed by atoms with Gasteiger partial charge in [0.25, 0.3) is 5.91 Å². The summed E-state index contributed by atoms with van der Waals surface area (Å²) < 4.78 is 6.05. The van der Waals surface area contributed by atoms with Gasteiger partial charge in [-0.25, -0.2) is 4.79 Å². The molecule has 1 heterocycles. The largest absolute Gasteiger partial charge is 0.371 e. The predicted molar refractivity (Wildman–Crippen MR) is 107 cm³/mol. The maximum absolute atomic E-state index is 12.7. The third-order valence-electron chi connectivity index (χ3n) is 5.31. The van der Waals surface area contributed by atoms with E-state index in [4.69, 9.17) is 4.74 Å². The molecular formula is C22H23N3O4. The summed E-state index contributed by atoms with van der Waals surface area (Å²) in [6, 6.07) is 16.2. The molecule has 150 valence electrons. The van der Waals surface area contributed by atoms with Crippen LogP contribution in [0.1, 0.15) is 35.2 Å². The molecule has 2 N–H and O–H groups in total. The lowest BCUT2D eigenvalue weighted by Crippen LogP contribution is -2.41. The number of rotatable bonds is 6. The van der Waals surface area contributed by atoms with E-state index in [9.17, 15) is 14.4 Å². The van der Waals surface area contributed by atoms with Crippen LogP contribution in [-0.2, 0) is 16.1 Å². The van der Waals surface area contributed by atoms with Crippen molar-refractivity contribution in [3.63, 3.8) is 0 Å². The van der Waals surface area contributed by atoms with Crippen LogP contribution in [0.15, 0.2) is 54.6 Å². The van der Waals surface area contributed by atoms with Crippen LogP contribution in [0.4, 0.5) is 10.5 Å². The molecule has 2 aromatic carbocycles. The molecule has 29 heavy (non-hydrogen) atoms. The minimum absolute atomic E-state index is 0.00209. The molecule has 4 rings (SSSR count). The Morgan fingerprint density at radius 3 is 2.52 bits per heavy atom. The summed E-state index contributed by atoms with van der Waals surface area (Å²) in [6.45, 7) is 0.524. The second-order valence-corrected chi connectivity index (χ2v) is 7.33. The van der Waals surface area contributed by atoms with E-state index in [-0.39, 0.29) is 30.5 Å². The summed E-state index contributed by atoms with van der Waals surface area (Å²) in [5.74, 6) is -0.502. The van der Waals surface area contributed by atoms with Gasteiger partial charge in [0.2, 0.25) is 5.91 Å². The van der Waals surface area contributed by atoms with Crippen molar-refractivity contribution in [1.82, 2.24) is 10.6 Å². The number of nitrogens with one attached hydrogen (secondary N) is 2. The topological polar surface area (TPSA) is 87.7 Å². The number of nitrogens with zero attached hydrogens (tertiary/aromatic N) is 1. The van der Waals surface area contributed by atoms with Crippen molar-refractivity contribution in [3.05, 3.63) is 65.7 Å². The van der Waals surface area contributed by atoms with Crippen LogP contribution >= 0.6 is 0 Å². The van der Waals surface area contributed by atoms with Crippen LogP contribution < -0.4 is 15.5 Å². The zero-order chi connectivity index (χ0) is 20.2. The lowest BCUT2D eigenvalue weighted by Gasteiger charge is -2.22. The summed E-state index contributed by atoms with van der Waals surface area (Å²) in [5, 5.41) is 5.31. The van der Waals surface area contributed by atoms with Crippen LogP contribution in [0.3, 0.4) is 0 Å². The number of imide groups is 1. The van der Waals surface area contributed by atoms with Gasteiger partial charge < -0.3 is 10.1 Å². The highest BCUT2D eigenvalue weighted by Crippen LogP contribution is 2.24. The fourth-order valence-corrected chi connectivity index (χ4v) is 3.76. The second kappa shape index (κ2) is 8.45. The van der Waals surface area contributed by atoms with Crippen LogP contribution in [0, 0.1) is 0 Å². The summed E-state index contributed by atoms with van der Waals surface area (Å²) in [6.07, 6.45) is 2.83. The maximum atomic E-state index is 12.7. The Bertz CT molecular complexity index is 898. The molecule has 0 aromatic heterocycles. The molecule has 1 aliphatic heterocycles. The van der Waals surface area contributed by atoms with Gasteiger partial charge in [-0.3, -0.25) is 19.8 Å². The molecule has 0 spiro atoms. The Balaban J connectivity index is 1.34. The van der Waals surface area contributed by atoms with E-state index >= 15 is 0 Å². The number of ether oxygens (including phenoxy) is 1. The van der Waals surface area contributed by atoms with Crippen molar-refractivity contribution in [2.24, 2.45) is 0 Å². The fraction of sp³-hybridized carbons (Fsp3) is 0.318. The molecule has 4 amide bonds. The van der Waals surface area contributed by atoms with Gasteiger partial charge in [0, 0.05) is 11.3 Å². The monoisotopic (exact) mass is 393 g/mol. The molecule has 7 nitrogen and oxygen atoms in total. The van der Waals surface area contributed by atoms with Gasteiger partial charge in [0.15, 0.2) is 0 Å². The SMILES string of the molecule is O=C1CN(c2ccc(C(=O)N[C@@H]3CCC[C@H]3OCc3ccccc3)cc2)C(=O)N1. The first kappa shape index (κ1) is 19.1. The summed E-state index contributed by atoms with van der Waals surface area (Å²) in [5.41, 5.74) is 2.20. The third-order valence-corrected chi connectivity index (χ3v) is 5.31. The molecule has 2 fully saturated rings. The number of amides is 4. The van der Waals surface area contributed by atoms with Crippen LogP contribution in [0.2, 0.25) is 0 Å². The Morgan fingerprint density at radius 2 is 1.83 bits per heavy atom. The molecule has 1 aliphatic carbocycles. The van der Waals surface area contributed by atoms with Crippen molar-refractivity contribution < 1.29 is 19.1 Å². The van der Waals surface area contributed by atoms with Crippen LogP contribution in [0.25, 0.3) is 0 Å². The second-order valence-electron chi connectivity index (χ2n) is 7.33. The van der Waals surface area contributed by atoms with Gasteiger partial charge in [-0.05, 0) is 49.1 Å². The van der Waals surface area contributed by atoms with E-state index in [2.05, 4.69) is 10.6 Å². The molecule has 1 saturated carbocycles. The first-order chi connectivity index (χ1) is 14.1. The molecular weight excluding hydrogens is 370 g/mol. The predicted octanol–water partition coefficient (Wildman–Crippen LogP) is 2.61. The van der Waals surface area contributed by atoms with Crippen molar-refractivity contribution in [2.45, 2.75) is 38.0 Å². The Kier molecular flexibility index (Phi) is 5.57. The molecule has 0 bridgehead atoms. The molecule has 7 heteroatoms. The normalized spacial score (nSPS) is 21.3. The zero-order valence-electron chi connectivity index (χ0n) is 16.0. The third kappa shape index (κ3) is 4.46. The van der Waals surface area contributed by atoms with Gasteiger partial charge >= 0.3 is 6.03 Å². The fourth-order valence-electron chi connectivity index (χ4n) is 3.76. The lowest BCUT2D eigenvalue weighted by atomic mass is 10.1. The molecule has 0 unspecified atom stereocenters. The number of carbonyl (C=O) groups excluding carboxylic acids is 3. The number of anilines is 1. The summed E-state index contributed by atoms with van der Waals surface area (Å²) >= 11 is 0. The standard InChI is InChI=1S/C22H23N3O4/c26-20-13-25(22(28)24-20)17-11-9-16(10-12-17)21(27)23-18-7-4-8-19(18)29-14-15-5-2-1-3-6-15/h1-3,5-6,9-12,18-19H,4,7-8,13-14H2,(H,23,27)(H,24,26,28)/t18-,19-/m1/s1. The Morgan fingerprint density at radius 1 is 1.07 bits per heavy atom. The number of hydrogen-bond donors (Lipinski definition) is 2. The highest BCUT2D eigenvalue weighted by atomic mass is 16.5. The van der Waals surface area contributed by atoms with E-state index in [0.29, 0.717) is 17.9 Å². The van der Waals surface area contributed by atoms with Crippen molar-refractivity contribution in [3.8, 4) is 0 Å². The van der Waals surface area contributed by atoms with Crippen molar-refractivity contribution in [1.29, 1.82) is 0 Å². The molecule has 2 aliphatic rings. The minimum atomic E-state index is -0.448. The first-order valence-corrected chi connectivity index (χ1v) is 9.78. The van der Waals surface area contributed by atoms with Crippen LogP contribution in [0.5, 0.6) is 0 Å². The Labute approximate surface area is 169 Å². The highest BCUT2D eigenvalue weighted by Gasteiger charge is 2.30. The highest BCUT2D eigenvalue weighted by molar-refractivity contribution is 6.12. The minimum Gasteiger partial charge on any atom is -0.371 e. The first-order valence-electron chi connectivity index (χ1n) is 9.78. The maximum Gasteiger partial charge on any atom is 0.329 e. The van der Waals surface area contributed by atoms with Gasteiger partial charge in [0.05, 0.1) is 18.8 Å². The van der Waals surface area contributed by atoms with E-state index in [1.165, 1.54) is 4.90 Å². The van der Waals surface area contributed by atoms with Crippen molar-refractivity contribution in [2.75, 3.05) is 11.4 Å². The molecule has 2 aromatic rings. The van der Waals surface area contributed by atoms with E-state index < -0.39 is 6.03 Å². The van der Waals surface area contributed by atoms with E-state index in [1.54, 1.807) is 24.3 Å². The van der Waals surface area contributed by atoms with Gasteiger partial charge in [0.1, 0.15) is 6.54 Å². The zero-order valence-corrected chi connectivity index (χ0v) is 16.0. The van der Waals surface area contributed by atoms with Gasteiger partial charge in [-0.15, -0.1) is 0 Å². The average molecular weight is 393 g/mol. The lowest BCUT2D eigenvalue weighted by molar-refractivity contribution is -0.117. The van der Waals surface area contributed by atoms with E-state index in [0.717, 1.165) is 24.8 Å². The van der Waals surface area contributed by atoms with Crippen molar-refractivity contribution >= 4 is 23.5 Å². The molecule has 1 saturated heterocycles. The summed E-state index contributed by atoms with van der Waals surface area (Å²) in [4.78, 5) is 37.1. The van der Waals surface area contributed by atoms with Gasteiger partial charge in [-0.1, -0.05) is 30.3 Å².